The fraction of sp³-hybridized carbons (Fsp3) is 0.273. The highest BCUT2D eigenvalue weighted by Crippen LogP contribution is 2.35. The van der Waals surface area contributed by atoms with Crippen LogP contribution in [-0.4, -0.2) is 36.2 Å². The first kappa shape index (κ1) is 25.1. The number of alkyl halides is 3. The van der Waals surface area contributed by atoms with Crippen molar-refractivity contribution in [1.29, 1.82) is 5.26 Å². The lowest BCUT2D eigenvalue weighted by molar-refractivity contribution is -0.771. The van der Waals surface area contributed by atoms with Crippen molar-refractivity contribution in [3.05, 3.63) is 53.3 Å². The van der Waals surface area contributed by atoms with E-state index in [0.29, 0.717) is 6.07 Å². The zero-order chi connectivity index (χ0) is 25.4. The summed E-state index contributed by atoms with van der Waals surface area (Å²) in [6.07, 6.45) is -4.82. The lowest BCUT2D eigenvalue weighted by Crippen LogP contribution is -3.15. The summed E-state index contributed by atoms with van der Waals surface area (Å²) in [5, 5.41) is 8.91. The van der Waals surface area contributed by atoms with Gasteiger partial charge in [0.15, 0.2) is 23.7 Å². The number of halogens is 4. The molecule has 3 rings (SSSR count). The molecular weight excluding hydrogens is 478 g/mol. The molecule has 1 atom stereocenters. The summed E-state index contributed by atoms with van der Waals surface area (Å²) >= 11 is 5.43. The van der Waals surface area contributed by atoms with E-state index in [1.165, 1.54) is 38.1 Å². The highest BCUT2D eigenvalue weighted by molar-refractivity contribution is 7.80. The number of ether oxygens (including phenoxy) is 2. The molecule has 1 amide bonds. The number of nitriles is 1. The quantitative estimate of drug-likeness (QED) is 0.390. The fourth-order valence-corrected chi connectivity index (χ4v) is 4.11. The molecule has 0 bridgehead atoms. The molecule has 0 spiro atoms. The second-order valence-corrected chi connectivity index (χ2v) is 8.18. The van der Waals surface area contributed by atoms with Crippen molar-refractivity contribution in [2.24, 2.45) is 0 Å². The third kappa shape index (κ3) is 4.44. The zero-order valence-corrected chi connectivity index (χ0v) is 18.9. The Bertz CT molecular complexity index is 1220. The van der Waals surface area contributed by atoms with Crippen LogP contribution in [0.3, 0.4) is 0 Å². The van der Waals surface area contributed by atoms with Gasteiger partial charge in [-0.25, -0.2) is 19.0 Å². The number of esters is 1. The molecule has 34 heavy (non-hydrogen) atoms. The third-order valence-electron chi connectivity index (χ3n) is 5.26. The molecule has 0 aliphatic carbocycles. The number of hydrogen-bond acceptors (Lipinski definition) is 6. The van der Waals surface area contributed by atoms with Gasteiger partial charge in [0.25, 0.3) is 11.0 Å². The number of amides is 1. The number of carbonyl (C=O) groups excluding carboxylic acids is 2. The number of rotatable bonds is 5. The van der Waals surface area contributed by atoms with Crippen LogP contribution in [0.25, 0.3) is 0 Å². The zero-order valence-electron chi connectivity index (χ0n) is 18.1. The minimum atomic E-state index is -4.82. The summed E-state index contributed by atoms with van der Waals surface area (Å²) in [6.45, 7) is 2.52. The highest BCUT2D eigenvalue weighted by Gasteiger charge is 2.56. The van der Waals surface area contributed by atoms with E-state index in [4.69, 9.17) is 22.2 Å². The predicted octanol–water partition coefficient (Wildman–Crippen LogP) is 2.89. The van der Waals surface area contributed by atoms with Crippen LogP contribution in [0.4, 0.5) is 28.9 Å². The topological polar surface area (TPSA) is 84.1 Å². The van der Waals surface area contributed by atoms with Crippen molar-refractivity contribution in [3.8, 4) is 11.8 Å². The number of nitrogens with zero attached hydrogens (tertiary/aromatic N) is 2. The van der Waals surface area contributed by atoms with E-state index in [0.717, 1.165) is 24.1 Å². The maximum absolute atomic E-state index is 14.6. The number of benzene rings is 2. The van der Waals surface area contributed by atoms with Gasteiger partial charge in [0.2, 0.25) is 0 Å². The van der Waals surface area contributed by atoms with Gasteiger partial charge >= 0.3 is 12.1 Å². The number of quaternary nitrogens is 1. The molecule has 1 aliphatic rings. The Labute approximate surface area is 197 Å². The van der Waals surface area contributed by atoms with Gasteiger partial charge in [-0.2, -0.15) is 18.4 Å². The van der Waals surface area contributed by atoms with Gasteiger partial charge in [-0.1, -0.05) is 0 Å². The van der Waals surface area contributed by atoms with E-state index in [2.05, 4.69) is 4.74 Å². The predicted molar refractivity (Wildman–Crippen MR) is 115 cm³/mol. The van der Waals surface area contributed by atoms with Crippen LogP contribution < -0.4 is 14.5 Å². The van der Waals surface area contributed by atoms with Crippen molar-refractivity contribution in [1.82, 2.24) is 0 Å². The summed E-state index contributed by atoms with van der Waals surface area (Å²) in [5.74, 6) is -2.40. The van der Waals surface area contributed by atoms with Crippen LogP contribution in [0.1, 0.15) is 25.0 Å². The molecular formula is C22H18F4N3O4S+. The van der Waals surface area contributed by atoms with E-state index in [9.17, 15) is 27.2 Å². The molecule has 1 aliphatic heterocycles. The van der Waals surface area contributed by atoms with Gasteiger partial charge in [0.1, 0.15) is 5.69 Å². The highest BCUT2D eigenvalue weighted by atomic mass is 32.1. The van der Waals surface area contributed by atoms with Gasteiger partial charge in [-0.3, -0.25) is 4.79 Å². The minimum absolute atomic E-state index is 0.101. The Kier molecular flexibility index (Phi) is 6.64. The molecule has 2 aromatic rings. The van der Waals surface area contributed by atoms with E-state index in [-0.39, 0.29) is 27.1 Å². The Morgan fingerprint density at radius 1 is 1.24 bits per heavy atom. The molecule has 1 heterocycles. The molecule has 1 fully saturated rings. The maximum atomic E-state index is 14.6. The van der Waals surface area contributed by atoms with E-state index in [1.807, 2.05) is 0 Å². The van der Waals surface area contributed by atoms with Gasteiger partial charge in [0.05, 0.1) is 30.0 Å². The molecule has 178 valence electrons. The summed E-state index contributed by atoms with van der Waals surface area (Å²) < 4.78 is 64.4. The molecule has 0 saturated carbocycles. The molecule has 0 aromatic heterocycles. The first-order chi connectivity index (χ1) is 15.8. The second kappa shape index (κ2) is 9.00. The number of thiocarbonyl (C=S) groups is 1. The number of anilines is 1. The van der Waals surface area contributed by atoms with Crippen LogP contribution in [0, 0.1) is 17.1 Å². The minimum Gasteiger partial charge on any atom is -0.479 e. The summed E-state index contributed by atoms with van der Waals surface area (Å²) in [6, 6.07) is 8.06. The van der Waals surface area contributed by atoms with Crippen LogP contribution in [0.15, 0.2) is 36.4 Å². The molecule has 1 N–H and O–H groups in total. The Hall–Kier alpha value is -3.56. The standard InChI is InChI=1S/C22H17F4N3O4S/c1-21(2)19(31)28(13-5-4-12(10-27)15(8-13)22(24,25)26)20(34)29(21)14-6-7-17(16(23)9-14)33-11-18(30)32-3/h4-9H,11H2,1-3H3/p+1. The number of nitrogens with one attached hydrogen (secondary N) is 1. The van der Waals surface area contributed by atoms with E-state index in [1.54, 1.807) is 0 Å². The smallest absolute Gasteiger partial charge is 0.417 e. The third-order valence-corrected chi connectivity index (χ3v) is 5.65. The first-order valence-electron chi connectivity index (χ1n) is 9.70. The average molecular weight is 496 g/mol. The van der Waals surface area contributed by atoms with Gasteiger partial charge in [-0.15, -0.1) is 0 Å². The molecule has 2 aromatic carbocycles. The largest absolute Gasteiger partial charge is 0.479 e. The molecule has 7 nitrogen and oxygen atoms in total. The van der Waals surface area contributed by atoms with Crippen molar-refractivity contribution in [3.63, 3.8) is 0 Å². The molecule has 1 unspecified atom stereocenters. The van der Waals surface area contributed by atoms with Crippen LogP contribution in [-0.2, 0) is 20.5 Å². The van der Waals surface area contributed by atoms with Crippen molar-refractivity contribution < 1.29 is 41.5 Å². The summed E-state index contributed by atoms with van der Waals surface area (Å²) in [4.78, 5) is 25.6. The van der Waals surface area contributed by atoms with Crippen molar-refractivity contribution >= 4 is 40.6 Å². The van der Waals surface area contributed by atoms with Gasteiger partial charge in [-0.05, 0) is 24.3 Å². The maximum Gasteiger partial charge on any atom is 0.417 e. The molecule has 12 heteroatoms. The van der Waals surface area contributed by atoms with Gasteiger partial charge < -0.3 is 9.47 Å². The van der Waals surface area contributed by atoms with Crippen LogP contribution in [0.2, 0.25) is 0 Å². The normalized spacial score (nSPS) is 17.5. The fourth-order valence-electron chi connectivity index (χ4n) is 3.55. The number of hydrogen-bond donors (Lipinski definition) is 1. The van der Waals surface area contributed by atoms with Gasteiger partial charge in [0, 0.05) is 38.2 Å². The number of methoxy groups -OCH3 is 1. The van der Waals surface area contributed by atoms with E-state index >= 15 is 0 Å². The average Bonchev–Trinajstić information content (AvgIpc) is 2.95. The Balaban J connectivity index is 2.00. The Morgan fingerprint density at radius 3 is 2.47 bits per heavy atom. The number of carbonyl (C=O) groups is 2. The summed E-state index contributed by atoms with van der Waals surface area (Å²) in [5.41, 5.74) is -3.04. The summed E-state index contributed by atoms with van der Waals surface area (Å²) in [7, 11) is 1.15. The molecule has 1 saturated heterocycles. The van der Waals surface area contributed by atoms with E-state index < -0.39 is 47.1 Å². The monoisotopic (exact) mass is 496 g/mol. The Morgan fingerprint density at radius 2 is 1.91 bits per heavy atom. The SMILES string of the molecule is COC(=O)COc1ccc([NH+]2C(=S)N(c3ccc(C#N)c(C(F)(F)F)c3)C(=O)C2(C)C)cc1F. The first-order valence-corrected chi connectivity index (χ1v) is 10.1. The van der Waals surface area contributed by atoms with Crippen molar-refractivity contribution in [2.45, 2.75) is 25.6 Å². The lowest BCUT2D eigenvalue weighted by Gasteiger charge is -2.23. The van der Waals surface area contributed by atoms with Crippen LogP contribution >= 0.6 is 12.2 Å². The van der Waals surface area contributed by atoms with Crippen LogP contribution in [0.5, 0.6) is 5.75 Å². The lowest BCUT2D eigenvalue weighted by atomic mass is 10.0. The molecule has 0 radical (unpaired) electrons. The second-order valence-electron chi connectivity index (χ2n) is 7.80. The van der Waals surface area contributed by atoms with Crippen molar-refractivity contribution in [2.75, 3.05) is 18.6 Å².